The summed E-state index contributed by atoms with van der Waals surface area (Å²) in [5.74, 6) is -6.24. The summed E-state index contributed by atoms with van der Waals surface area (Å²) in [5, 5.41) is 9.07. The molecule has 4 heteroatoms. The van der Waals surface area contributed by atoms with Crippen molar-refractivity contribution in [3.8, 4) is 0 Å². The number of hydrogen-bond donors (Lipinski definition) is 1. The number of aliphatic carboxylic acids is 1. The van der Waals surface area contributed by atoms with Crippen LogP contribution < -0.4 is 0 Å². The molecule has 0 unspecified atom stereocenters. The van der Waals surface area contributed by atoms with E-state index in [-0.39, 0.29) is 12.8 Å². The van der Waals surface area contributed by atoms with Crippen LogP contribution in [0.4, 0.5) is 8.78 Å². The lowest BCUT2D eigenvalue weighted by molar-refractivity contribution is -0.152. The molecule has 0 aromatic heterocycles. The van der Waals surface area contributed by atoms with Gasteiger partial charge in [-0.3, -0.25) is 4.79 Å². The molecule has 2 nitrogen and oxygen atoms in total. The van der Waals surface area contributed by atoms with Gasteiger partial charge in [0.05, 0.1) is 11.8 Å². The molecular formula is C13H14F2O2. The summed E-state index contributed by atoms with van der Waals surface area (Å²) in [5.41, 5.74) is 0.421. The van der Waals surface area contributed by atoms with Crippen molar-refractivity contribution in [3.05, 3.63) is 35.9 Å². The molecule has 1 aliphatic rings. The molecule has 0 bridgehead atoms. The average Bonchev–Trinajstić information content (AvgIpc) is 2.28. The first kappa shape index (κ1) is 12.0. The molecule has 1 aliphatic carbocycles. The summed E-state index contributed by atoms with van der Waals surface area (Å²) in [6.45, 7) is 0. The number of carbonyl (C=O) groups is 1. The lowest BCUT2D eigenvalue weighted by Crippen LogP contribution is -2.39. The minimum atomic E-state index is -2.93. The Balaban J connectivity index is 2.39. The van der Waals surface area contributed by atoms with Gasteiger partial charge in [-0.1, -0.05) is 30.3 Å². The van der Waals surface area contributed by atoms with Crippen LogP contribution in [-0.2, 0) is 4.79 Å². The summed E-state index contributed by atoms with van der Waals surface area (Å²) < 4.78 is 27.8. The maximum atomic E-state index is 13.9. The second-order valence-electron chi connectivity index (χ2n) is 4.49. The highest BCUT2D eigenvalue weighted by Crippen LogP contribution is 2.48. The first-order chi connectivity index (χ1) is 8.02. The summed E-state index contributed by atoms with van der Waals surface area (Å²) in [4.78, 5) is 11.1. The number of carboxylic acids is 1. The van der Waals surface area contributed by atoms with Crippen LogP contribution in [0.3, 0.4) is 0 Å². The Bertz CT molecular complexity index is 403. The predicted octanol–water partition coefficient (Wildman–Crippen LogP) is 3.29. The van der Waals surface area contributed by atoms with Crippen LogP contribution >= 0.6 is 0 Å². The van der Waals surface area contributed by atoms with Gasteiger partial charge in [-0.2, -0.15) is 0 Å². The average molecular weight is 240 g/mol. The Morgan fingerprint density at radius 1 is 1.29 bits per heavy atom. The third-order valence-electron chi connectivity index (χ3n) is 3.36. The number of hydrogen-bond acceptors (Lipinski definition) is 1. The Hall–Kier alpha value is -1.45. The van der Waals surface area contributed by atoms with E-state index in [0.717, 1.165) is 0 Å². The number of carboxylic acid groups (broad SMARTS) is 1. The van der Waals surface area contributed by atoms with Crippen molar-refractivity contribution in [1.82, 2.24) is 0 Å². The van der Waals surface area contributed by atoms with Crippen LogP contribution in [0.5, 0.6) is 0 Å². The fourth-order valence-electron chi connectivity index (χ4n) is 2.58. The van der Waals surface area contributed by atoms with Crippen LogP contribution in [-0.4, -0.2) is 17.0 Å². The van der Waals surface area contributed by atoms with E-state index in [1.807, 2.05) is 0 Å². The van der Waals surface area contributed by atoms with Crippen molar-refractivity contribution in [2.75, 3.05) is 0 Å². The first-order valence-corrected chi connectivity index (χ1v) is 5.68. The normalized spacial score (nSPS) is 27.6. The zero-order valence-electron chi connectivity index (χ0n) is 9.27. The van der Waals surface area contributed by atoms with Crippen LogP contribution in [0.1, 0.15) is 30.7 Å². The summed E-state index contributed by atoms with van der Waals surface area (Å²) in [6.07, 6.45) is 0.369. The lowest BCUT2D eigenvalue weighted by Gasteiger charge is -2.36. The monoisotopic (exact) mass is 240 g/mol. The van der Waals surface area contributed by atoms with Gasteiger partial charge in [0.25, 0.3) is 5.92 Å². The third kappa shape index (κ3) is 2.30. The number of alkyl halides is 2. The fourth-order valence-corrected chi connectivity index (χ4v) is 2.58. The van der Waals surface area contributed by atoms with Crippen molar-refractivity contribution in [2.45, 2.75) is 31.1 Å². The SMILES string of the molecule is O=C(O)[C@H]1CCCC(F)(F)[C@@H]1c1ccccc1. The predicted molar refractivity (Wildman–Crippen MR) is 59.1 cm³/mol. The van der Waals surface area contributed by atoms with Gasteiger partial charge >= 0.3 is 5.97 Å². The largest absolute Gasteiger partial charge is 0.481 e. The number of benzene rings is 1. The molecule has 0 amide bonds. The standard InChI is InChI=1S/C13H14F2O2/c14-13(15)8-4-7-10(12(16)17)11(13)9-5-2-1-3-6-9/h1-3,5-6,10-11H,4,7-8H2,(H,16,17)/t10-,11+/m0/s1. The molecule has 1 fully saturated rings. The summed E-state index contributed by atoms with van der Waals surface area (Å²) in [7, 11) is 0. The Morgan fingerprint density at radius 2 is 1.94 bits per heavy atom. The van der Waals surface area contributed by atoms with Gasteiger partial charge in [-0.25, -0.2) is 8.78 Å². The minimum absolute atomic E-state index is 0.226. The molecule has 1 saturated carbocycles. The summed E-state index contributed by atoms with van der Waals surface area (Å²) in [6, 6.07) is 8.23. The maximum Gasteiger partial charge on any atom is 0.307 e. The molecule has 2 atom stereocenters. The first-order valence-electron chi connectivity index (χ1n) is 5.68. The van der Waals surface area contributed by atoms with Gasteiger partial charge in [0.1, 0.15) is 0 Å². The van der Waals surface area contributed by atoms with Crippen molar-refractivity contribution in [1.29, 1.82) is 0 Å². The molecule has 1 N–H and O–H groups in total. The van der Waals surface area contributed by atoms with Gasteiger partial charge in [-0.15, -0.1) is 0 Å². The highest BCUT2D eigenvalue weighted by atomic mass is 19.3. The van der Waals surface area contributed by atoms with Gasteiger partial charge in [0, 0.05) is 6.42 Å². The lowest BCUT2D eigenvalue weighted by atomic mass is 9.73. The van der Waals surface area contributed by atoms with Crippen molar-refractivity contribution in [3.63, 3.8) is 0 Å². The Labute approximate surface area is 98.3 Å². The van der Waals surface area contributed by atoms with E-state index in [4.69, 9.17) is 5.11 Å². The highest BCUT2D eigenvalue weighted by Gasteiger charge is 2.50. The van der Waals surface area contributed by atoms with E-state index in [0.29, 0.717) is 12.0 Å². The topological polar surface area (TPSA) is 37.3 Å². The molecular weight excluding hydrogens is 226 g/mol. The van der Waals surface area contributed by atoms with Crippen LogP contribution in [0.15, 0.2) is 30.3 Å². The van der Waals surface area contributed by atoms with Crippen molar-refractivity contribution < 1.29 is 18.7 Å². The second kappa shape index (κ2) is 4.43. The fraction of sp³-hybridized carbons (Fsp3) is 0.462. The van der Waals surface area contributed by atoms with E-state index < -0.39 is 23.7 Å². The van der Waals surface area contributed by atoms with E-state index in [1.165, 1.54) is 0 Å². The van der Waals surface area contributed by atoms with Crippen LogP contribution in [0.2, 0.25) is 0 Å². The van der Waals surface area contributed by atoms with E-state index in [9.17, 15) is 13.6 Å². The van der Waals surface area contributed by atoms with Gasteiger partial charge in [0.15, 0.2) is 0 Å². The number of halogens is 2. The molecule has 17 heavy (non-hydrogen) atoms. The summed E-state index contributed by atoms with van der Waals surface area (Å²) >= 11 is 0. The molecule has 0 saturated heterocycles. The highest BCUT2D eigenvalue weighted by molar-refractivity contribution is 5.72. The molecule has 0 radical (unpaired) electrons. The smallest absolute Gasteiger partial charge is 0.307 e. The molecule has 0 spiro atoms. The molecule has 0 heterocycles. The van der Waals surface area contributed by atoms with Gasteiger partial charge in [-0.05, 0) is 18.4 Å². The molecule has 1 aromatic rings. The maximum absolute atomic E-state index is 13.9. The van der Waals surface area contributed by atoms with Crippen molar-refractivity contribution in [2.24, 2.45) is 5.92 Å². The second-order valence-corrected chi connectivity index (χ2v) is 4.49. The molecule has 2 rings (SSSR count). The Kier molecular flexibility index (Phi) is 3.13. The zero-order chi connectivity index (χ0) is 12.5. The van der Waals surface area contributed by atoms with Crippen molar-refractivity contribution >= 4 is 5.97 Å². The van der Waals surface area contributed by atoms with Gasteiger partial charge in [0.2, 0.25) is 0 Å². The van der Waals surface area contributed by atoms with Crippen LogP contribution in [0, 0.1) is 5.92 Å². The zero-order valence-corrected chi connectivity index (χ0v) is 9.27. The third-order valence-corrected chi connectivity index (χ3v) is 3.36. The Morgan fingerprint density at radius 3 is 2.53 bits per heavy atom. The van der Waals surface area contributed by atoms with Crippen LogP contribution in [0.25, 0.3) is 0 Å². The quantitative estimate of drug-likeness (QED) is 0.861. The van der Waals surface area contributed by atoms with E-state index in [2.05, 4.69) is 0 Å². The number of rotatable bonds is 2. The molecule has 1 aromatic carbocycles. The van der Waals surface area contributed by atoms with Gasteiger partial charge < -0.3 is 5.11 Å². The minimum Gasteiger partial charge on any atom is -0.481 e. The van der Waals surface area contributed by atoms with E-state index in [1.54, 1.807) is 30.3 Å². The van der Waals surface area contributed by atoms with E-state index >= 15 is 0 Å². The molecule has 0 aliphatic heterocycles. The molecule has 92 valence electrons.